The van der Waals surface area contributed by atoms with Crippen LogP contribution in [-0.4, -0.2) is 60.9 Å². The summed E-state index contributed by atoms with van der Waals surface area (Å²) in [6.45, 7) is 6.87. The van der Waals surface area contributed by atoms with Crippen molar-refractivity contribution >= 4 is 68.4 Å². The van der Waals surface area contributed by atoms with Gasteiger partial charge < -0.3 is 4.74 Å². The molecule has 1 aromatic heterocycles. The average molecular weight is 513 g/mol. The van der Waals surface area contributed by atoms with Crippen LogP contribution in [0.4, 0.5) is 5.13 Å². The molecule has 1 fully saturated rings. The Morgan fingerprint density at radius 1 is 1.22 bits per heavy atom. The van der Waals surface area contributed by atoms with Crippen LogP contribution in [-0.2, 0) is 9.53 Å². The number of fused-ring (bicyclic) bond motifs is 1. The SMILES string of the molecule is Cc1cccc2sc(N(CCN3CCOCC3)C(=O)CCSc3ccc(Cl)cc3)nc12.Cl. The second-order valence-electron chi connectivity index (χ2n) is 7.47. The van der Waals surface area contributed by atoms with Gasteiger partial charge in [-0.15, -0.1) is 24.2 Å². The summed E-state index contributed by atoms with van der Waals surface area (Å²) in [4.78, 5) is 23.4. The van der Waals surface area contributed by atoms with Gasteiger partial charge in [-0.25, -0.2) is 4.98 Å². The predicted molar refractivity (Wildman–Crippen MR) is 138 cm³/mol. The van der Waals surface area contributed by atoms with E-state index in [0.717, 1.165) is 69.4 Å². The van der Waals surface area contributed by atoms with Crippen molar-refractivity contribution in [1.29, 1.82) is 0 Å². The van der Waals surface area contributed by atoms with Crippen molar-refractivity contribution < 1.29 is 9.53 Å². The molecule has 2 aromatic carbocycles. The van der Waals surface area contributed by atoms with E-state index in [-0.39, 0.29) is 18.3 Å². The number of aryl methyl sites for hydroxylation is 1. The largest absolute Gasteiger partial charge is 0.379 e. The summed E-state index contributed by atoms with van der Waals surface area (Å²) in [5.74, 6) is 0.838. The first kappa shape index (κ1) is 25.3. The van der Waals surface area contributed by atoms with E-state index in [4.69, 9.17) is 21.3 Å². The van der Waals surface area contributed by atoms with Crippen molar-refractivity contribution in [2.45, 2.75) is 18.2 Å². The zero-order valence-corrected chi connectivity index (χ0v) is 21.2. The number of morpholine rings is 1. The van der Waals surface area contributed by atoms with Gasteiger partial charge in [-0.1, -0.05) is 35.1 Å². The Kier molecular flexibility index (Phi) is 9.64. The molecule has 3 aromatic rings. The molecule has 0 bridgehead atoms. The van der Waals surface area contributed by atoms with Gasteiger partial charge in [0, 0.05) is 48.3 Å². The number of ether oxygens (including phenoxy) is 1. The number of thiazole rings is 1. The van der Waals surface area contributed by atoms with Crippen LogP contribution in [0.25, 0.3) is 10.2 Å². The Bertz CT molecular complexity index is 1020. The van der Waals surface area contributed by atoms with Gasteiger partial charge in [0.25, 0.3) is 0 Å². The van der Waals surface area contributed by atoms with E-state index >= 15 is 0 Å². The number of thioether (sulfide) groups is 1. The number of rotatable bonds is 8. The second kappa shape index (κ2) is 12.2. The van der Waals surface area contributed by atoms with Gasteiger partial charge in [-0.05, 0) is 42.8 Å². The third kappa shape index (κ3) is 6.59. The van der Waals surface area contributed by atoms with Gasteiger partial charge in [-0.3, -0.25) is 14.6 Å². The quantitative estimate of drug-likeness (QED) is 0.372. The van der Waals surface area contributed by atoms with Crippen LogP contribution in [0, 0.1) is 6.92 Å². The Morgan fingerprint density at radius 2 is 1.97 bits per heavy atom. The zero-order chi connectivity index (χ0) is 21.6. The maximum Gasteiger partial charge on any atom is 0.229 e. The Balaban J connectivity index is 0.00000289. The number of carbonyl (C=O) groups excluding carboxylic acids is 1. The molecule has 1 saturated heterocycles. The maximum atomic E-state index is 13.2. The number of anilines is 1. The smallest absolute Gasteiger partial charge is 0.229 e. The first-order chi connectivity index (χ1) is 15.1. The van der Waals surface area contributed by atoms with Crippen molar-refractivity contribution in [2.75, 3.05) is 50.0 Å². The zero-order valence-electron chi connectivity index (χ0n) is 18.0. The number of benzene rings is 2. The van der Waals surface area contributed by atoms with Gasteiger partial charge in [0.05, 0.1) is 23.4 Å². The lowest BCUT2D eigenvalue weighted by Gasteiger charge is -2.29. The molecule has 0 atom stereocenters. The van der Waals surface area contributed by atoms with E-state index in [1.54, 1.807) is 23.1 Å². The number of halogens is 2. The molecule has 9 heteroatoms. The highest BCUT2D eigenvalue weighted by Gasteiger charge is 2.21. The molecule has 0 radical (unpaired) electrons. The van der Waals surface area contributed by atoms with Crippen LogP contribution in [0.3, 0.4) is 0 Å². The molecule has 0 spiro atoms. The first-order valence-electron chi connectivity index (χ1n) is 10.4. The standard InChI is InChI=1S/C23H26ClN3O2S2.ClH/c1-17-3-2-4-20-22(17)25-23(31-20)27(11-10-26-12-14-29-15-13-26)21(28)9-16-30-19-7-5-18(24)6-8-19;/h2-8H,9-16H2,1H3;1H. The summed E-state index contributed by atoms with van der Waals surface area (Å²) in [5, 5.41) is 1.51. The predicted octanol–water partition coefficient (Wildman–Crippen LogP) is 5.53. The highest BCUT2D eigenvalue weighted by Crippen LogP contribution is 2.31. The monoisotopic (exact) mass is 511 g/mol. The van der Waals surface area contributed by atoms with Gasteiger partial charge in [0.15, 0.2) is 5.13 Å². The minimum atomic E-state index is 0. The van der Waals surface area contributed by atoms with E-state index in [9.17, 15) is 4.79 Å². The number of nitrogens with zero attached hydrogens (tertiary/aromatic N) is 3. The first-order valence-corrected chi connectivity index (χ1v) is 12.6. The van der Waals surface area contributed by atoms with Gasteiger partial charge in [0.1, 0.15) is 0 Å². The van der Waals surface area contributed by atoms with Crippen molar-refractivity contribution in [3.63, 3.8) is 0 Å². The summed E-state index contributed by atoms with van der Waals surface area (Å²) in [7, 11) is 0. The third-order valence-corrected chi connectivity index (χ3v) is 7.59. The Hall–Kier alpha value is -1.35. The van der Waals surface area contributed by atoms with E-state index in [1.165, 1.54) is 0 Å². The van der Waals surface area contributed by atoms with Crippen molar-refractivity contribution in [1.82, 2.24) is 9.88 Å². The van der Waals surface area contributed by atoms with Gasteiger partial charge >= 0.3 is 0 Å². The number of hydrogen-bond donors (Lipinski definition) is 0. The van der Waals surface area contributed by atoms with Crippen LogP contribution >= 0.6 is 47.1 Å². The minimum Gasteiger partial charge on any atom is -0.379 e. The van der Waals surface area contributed by atoms with E-state index in [2.05, 4.69) is 24.0 Å². The summed E-state index contributed by atoms with van der Waals surface area (Å²) in [6, 6.07) is 13.9. The van der Waals surface area contributed by atoms with Crippen LogP contribution in [0.2, 0.25) is 5.02 Å². The molecule has 0 saturated carbocycles. The molecule has 32 heavy (non-hydrogen) atoms. The lowest BCUT2D eigenvalue weighted by atomic mass is 10.2. The van der Waals surface area contributed by atoms with Crippen LogP contribution < -0.4 is 4.90 Å². The summed E-state index contributed by atoms with van der Waals surface area (Å²) in [5.41, 5.74) is 2.13. The highest BCUT2D eigenvalue weighted by molar-refractivity contribution is 7.99. The fourth-order valence-corrected chi connectivity index (χ4v) is 5.56. The molecule has 172 valence electrons. The van der Waals surface area contributed by atoms with E-state index in [0.29, 0.717) is 13.0 Å². The molecule has 0 unspecified atom stereocenters. The third-order valence-electron chi connectivity index (χ3n) is 5.28. The summed E-state index contributed by atoms with van der Waals surface area (Å²) >= 11 is 9.23. The molecule has 1 aliphatic heterocycles. The molecule has 1 amide bonds. The molecule has 0 aliphatic carbocycles. The molecule has 1 aliphatic rings. The Labute approximate surface area is 208 Å². The molecule has 4 rings (SSSR count). The van der Waals surface area contributed by atoms with Crippen LogP contribution in [0.5, 0.6) is 0 Å². The minimum absolute atomic E-state index is 0. The number of aromatic nitrogens is 1. The van der Waals surface area contributed by atoms with Crippen LogP contribution in [0.1, 0.15) is 12.0 Å². The molecule has 2 heterocycles. The van der Waals surface area contributed by atoms with Crippen molar-refractivity contribution in [3.05, 3.63) is 53.1 Å². The molecular weight excluding hydrogens is 485 g/mol. The highest BCUT2D eigenvalue weighted by atomic mass is 35.5. The number of amides is 1. The van der Waals surface area contributed by atoms with Gasteiger partial charge in [0.2, 0.25) is 5.91 Å². The number of para-hydroxylation sites is 1. The topological polar surface area (TPSA) is 45.7 Å². The molecule has 5 nitrogen and oxygen atoms in total. The molecule has 0 N–H and O–H groups in total. The average Bonchev–Trinajstić information content (AvgIpc) is 3.21. The van der Waals surface area contributed by atoms with Crippen molar-refractivity contribution in [2.24, 2.45) is 0 Å². The lowest BCUT2D eigenvalue weighted by molar-refractivity contribution is -0.118. The normalized spacial score (nSPS) is 14.3. The summed E-state index contributed by atoms with van der Waals surface area (Å²) in [6.07, 6.45) is 0.464. The lowest BCUT2D eigenvalue weighted by Crippen LogP contribution is -2.43. The number of hydrogen-bond acceptors (Lipinski definition) is 6. The van der Waals surface area contributed by atoms with Crippen molar-refractivity contribution in [3.8, 4) is 0 Å². The van der Waals surface area contributed by atoms with Gasteiger partial charge in [-0.2, -0.15) is 0 Å². The Morgan fingerprint density at radius 3 is 2.69 bits per heavy atom. The summed E-state index contributed by atoms with van der Waals surface area (Å²) < 4.78 is 6.57. The second-order valence-corrected chi connectivity index (χ2v) is 10.1. The van der Waals surface area contributed by atoms with E-state index in [1.807, 2.05) is 35.2 Å². The van der Waals surface area contributed by atoms with Crippen LogP contribution in [0.15, 0.2) is 47.4 Å². The molecular formula is C23H27Cl2N3O2S2. The van der Waals surface area contributed by atoms with E-state index < -0.39 is 0 Å². The fraction of sp³-hybridized carbons (Fsp3) is 0.391. The number of carbonyl (C=O) groups is 1. The maximum absolute atomic E-state index is 13.2. The fourth-order valence-electron chi connectivity index (χ4n) is 3.51.